The molecule has 0 unspecified atom stereocenters. The van der Waals surface area contributed by atoms with Gasteiger partial charge in [-0.2, -0.15) is 5.10 Å². The van der Waals surface area contributed by atoms with Gasteiger partial charge in [-0.25, -0.2) is 14.5 Å². The maximum atomic E-state index is 12.5. The van der Waals surface area contributed by atoms with Crippen molar-refractivity contribution in [3.8, 4) is 5.69 Å². The maximum absolute atomic E-state index is 12.5. The van der Waals surface area contributed by atoms with Gasteiger partial charge in [0.15, 0.2) is 0 Å². The Bertz CT molecular complexity index is 1020. The zero-order valence-electron chi connectivity index (χ0n) is 17.6. The third kappa shape index (κ3) is 4.62. The van der Waals surface area contributed by atoms with Gasteiger partial charge in [-0.3, -0.25) is 0 Å². The Kier molecular flexibility index (Phi) is 5.97. The normalized spacial score (nSPS) is 13.9. The zero-order chi connectivity index (χ0) is 20.9. The molecule has 7 heteroatoms. The molecule has 2 aromatic heterocycles. The van der Waals surface area contributed by atoms with E-state index in [2.05, 4.69) is 25.6 Å². The number of nitrogens with one attached hydrogen (secondary N) is 2. The van der Waals surface area contributed by atoms with Gasteiger partial charge in [-0.15, -0.1) is 0 Å². The summed E-state index contributed by atoms with van der Waals surface area (Å²) in [6.07, 6.45) is 5.47. The Morgan fingerprint density at radius 1 is 1.07 bits per heavy atom. The Morgan fingerprint density at radius 3 is 2.67 bits per heavy atom. The summed E-state index contributed by atoms with van der Waals surface area (Å²) in [5, 5.41) is 10.4. The van der Waals surface area contributed by atoms with E-state index in [0.717, 1.165) is 47.2 Å². The van der Waals surface area contributed by atoms with Crippen molar-refractivity contribution in [1.29, 1.82) is 0 Å². The van der Waals surface area contributed by atoms with E-state index in [-0.39, 0.29) is 6.03 Å². The lowest BCUT2D eigenvalue weighted by atomic mass is 10.1. The highest BCUT2D eigenvalue weighted by Gasteiger charge is 2.16. The first kappa shape index (κ1) is 19.9. The van der Waals surface area contributed by atoms with Crippen molar-refractivity contribution in [3.05, 3.63) is 65.6 Å². The second kappa shape index (κ2) is 8.98. The summed E-state index contributed by atoms with van der Waals surface area (Å²) in [7, 11) is 0. The van der Waals surface area contributed by atoms with E-state index in [9.17, 15) is 4.79 Å². The number of piperidine rings is 1. The highest BCUT2D eigenvalue weighted by atomic mass is 16.2. The molecule has 2 amide bonds. The maximum Gasteiger partial charge on any atom is 0.319 e. The Labute approximate surface area is 177 Å². The molecule has 1 aliphatic rings. The predicted molar refractivity (Wildman–Crippen MR) is 119 cm³/mol. The van der Waals surface area contributed by atoms with E-state index < -0.39 is 0 Å². The summed E-state index contributed by atoms with van der Waals surface area (Å²) in [6.45, 7) is 6.46. The van der Waals surface area contributed by atoms with Crippen molar-refractivity contribution in [3.63, 3.8) is 0 Å². The number of carbonyl (C=O) groups is 1. The average molecular weight is 405 g/mol. The number of urea groups is 1. The number of benzene rings is 1. The molecule has 2 N–H and O–H groups in total. The van der Waals surface area contributed by atoms with Crippen molar-refractivity contribution in [2.75, 3.05) is 23.3 Å². The van der Waals surface area contributed by atoms with Crippen LogP contribution in [0.1, 0.15) is 36.2 Å². The van der Waals surface area contributed by atoms with Gasteiger partial charge in [0.2, 0.25) is 0 Å². The summed E-state index contributed by atoms with van der Waals surface area (Å²) >= 11 is 0. The van der Waals surface area contributed by atoms with E-state index in [0.29, 0.717) is 6.54 Å². The highest BCUT2D eigenvalue weighted by Crippen LogP contribution is 2.21. The number of carbonyl (C=O) groups excluding carboxylic acids is 1. The highest BCUT2D eigenvalue weighted by molar-refractivity contribution is 5.89. The van der Waals surface area contributed by atoms with Crippen LogP contribution in [0.25, 0.3) is 5.69 Å². The quantitative estimate of drug-likeness (QED) is 0.668. The minimum atomic E-state index is -0.242. The first-order valence-corrected chi connectivity index (χ1v) is 10.5. The van der Waals surface area contributed by atoms with Crippen molar-refractivity contribution >= 4 is 17.5 Å². The number of aryl methyl sites for hydroxylation is 2. The van der Waals surface area contributed by atoms with E-state index in [4.69, 9.17) is 0 Å². The van der Waals surface area contributed by atoms with Crippen LogP contribution in [0.15, 0.2) is 48.7 Å². The number of nitrogens with zero attached hydrogens (tertiary/aromatic N) is 4. The van der Waals surface area contributed by atoms with Crippen LogP contribution in [0, 0.1) is 13.8 Å². The van der Waals surface area contributed by atoms with Gasteiger partial charge in [0.05, 0.1) is 11.4 Å². The third-order valence-electron chi connectivity index (χ3n) is 5.32. The standard InChI is InChI=1S/C23H28N6O/c1-17-14-18(2)29(27-17)21-10-6-9-20(15-21)26-23(30)25-16-19-8-7-11-24-22(19)28-12-4-3-5-13-28/h6-11,14-15H,3-5,12-13,16H2,1-2H3,(H2,25,26,30). The molecule has 3 heterocycles. The molecule has 0 saturated carbocycles. The minimum absolute atomic E-state index is 0.242. The molecule has 30 heavy (non-hydrogen) atoms. The van der Waals surface area contributed by atoms with Crippen molar-refractivity contribution < 1.29 is 4.79 Å². The fourth-order valence-electron chi connectivity index (χ4n) is 3.92. The van der Waals surface area contributed by atoms with Crippen molar-refractivity contribution in [2.45, 2.75) is 39.7 Å². The summed E-state index contributed by atoms with van der Waals surface area (Å²) in [5.41, 5.74) is 4.68. The number of hydrogen-bond donors (Lipinski definition) is 2. The Morgan fingerprint density at radius 2 is 1.90 bits per heavy atom. The molecule has 1 aromatic carbocycles. The van der Waals surface area contributed by atoms with Gasteiger partial charge in [-0.1, -0.05) is 12.1 Å². The molecule has 0 bridgehead atoms. The summed E-state index contributed by atoms with van der Waals surface area (Å²) < 4.78 is 1.87. The Balaban J connectivity index is 1.40. The molecule has 1 fully saturated rings. The first-order chi connectivity index (χ1) is 14.6. The number of aromatic nitrogens is 3. The van der Waals surface area contributed by atoms with Gasteiger partial charge in [0.25, 0.3) is 0 Å². The van der Waals surface area contributed by atoms with Gasteiger partial charge < -0.3 is 15.5 Å². The molecular formula is C23H28N6O. The smallest absolute Gasteiger partial charge is 0.319 e. The molecule has 1 aliphatic heterocycles. The largest absolute Gasteiger partial charge is 0.356 e. The average Bonchev–Trinajstić information content (AvgIpc) is 3.11. The number of anilines is 2. The van der Waals surface area contributed by atoms with Crippen LogP contribution in [-0.4, -0.2) is 33.9 Å². The fourth-order valence-corrected chi connectivity index (χ4v) is 3.92. The second-order valence-corrected chi connectivity index (χ2v) is 7.73. The van der Waals surface area contributed by atoms with Crippen LogP contribution < -0.4 is 15.5 Å². The number of hydrogen-bond acceptors (Lipinski definition) is 4. The number of pyridine rings is 1. The minimum Gasteiger partial charge on any atom is -0.356 e. The summed E-state index contributed by atoms with van der Waals surface area (Å²) in [4.78, 5) is 19.4. The topological polar surface area (TPSA) is 75.1 Å². The van der Waals surface area contributed by atoms with Crippen molar-refractivity contribution in [2.24, 2.45) is 0 Å². The van der Waals surface area contributed by atoms with E-state index in [1.807, 2.05) is 67.2 Å². The third-order valence-corrected chi connectivity index (χ3v) is 5.32. The van der Waals surface area contributed by atoms with Crippen LogP contribution in [0.2, 0.25) is 0 Å². The first-order valence-electron chi connectivity index (χ1n) is 10.5. The van der Waals surface area contributed by atoms with Gasteiger partial charge in [-0.05, 0) is 63.4 Å². The van der Waals surface area contributed by atoms with E-state index >= 15 is 0 Å². The van der Waals surface area contributed by atoms with Gasteiger partial charge >= 0.3 is 6.03 Å². The van der Waals surface area contributed by atoms with Crippen molar-refractivity contribution in [1.82, 2.24) is 20.1 Å². The molecule has 0 atom stereocenters. The molecule has 1 saturated heterocycles. The summed E-state index contributed by atoms with van der Waals surface area (Å²) in [6, 6.07) is 13.4. The van der Waals surface area contributed by atoms with E-state index in [1.54, 1.807) is 0 Å². The van der Waals surface area contributed by atoms with E-state index in [1.165, 1.54) is 19.3 Å². The fraction of sp³-hybridized carbons (Fsp3) is 0.348. The molecule has 7 nitrogen and oxygen atoms in total. The lowest BCUT2D eigenvalue weighted by Crippen LogP contribution is -2.33. The Hall–Kier alpha value is -3.35. The van der Waals surface area contributed by atoms with Crippen LogP contribution in [0.5, 0.6) is 0 Å². The van der Waals surface area contributed by atoms with Gasteiger partial charge in [0.1, 0.15) is 5.82 Å². The molecular weight excluding hydrogens is 376 g/mol. The van der Waals surface area contributed by atoms with Crippen LogP contribution in [0.3, 0.4) is 0 Å². The molecule has 156 valence electrons. The monoisotopic (exact) mass is 404 g/mol. The molecule has 3 aromatic rings. The molecule has 0 aliphatic carbocycles. The SMILES string of the molecule is Cc1cc(C)n(-c2cccc(NC(=O)NCc3cccnc3N3CCCCC3)c2)n1. The molecule has 0 radical (unpaired) electrons. The van der Waals surface area contributed by atoms with Gasteiger partial charge in [0, 0.05) is 42.8 Å². The number of rotatable bonds is 5. The second-order valence-electron chi connectivity index (χ2n) is 7.73. The summed E-state index contributed by atoms with van der Waals surface area (Å²) in [5.74, 6) is 0.976. The lowest BCUT2D eigenvalue weighted by Gasteiger charge is -2.29. The lowest BCUT2D eigenvalue weighted by molar-refractivity contribution is 0.251. The van der Waals surface area contributed by atoms with Crippen LogP contribution in [-0.2, 0) is 6.54 Å². The predicted octanol–water partition coefficient (Wildman–Crippen LogP) is 4.20. The van der Waals surface area contributed by atoms with Crippen LogP contribution in [0.4, 0.5) is 16.3 Å². The number of amides is 2. The molecule has 4 rings (SSSR count). The van der Waals surface area contributed by atoms with Crippen LogP contribution >= 0.6 is 0 Å². The molecule has 0 spiro atoms. The zero-order valence-corrected chi connectivity index (χ0v) is 17.6.